The van der Waals surface area contributed by atoms with Gasteiger partial charge in [-0.05, 0) is 25.5 Å². The average molecular weight is 284 g/mol. The van der Waals surface area contributed by atoms with E-state index in [1.807, 2.05) is 6.92 Å². The maximum absolute atomic E-state index is 12.1. The lowest BCUT2D eigenvalue weighted by molar-refractivity contribution is -0.118. The molecular formula is C12H16N2O4S. The summed E-state index contributed by atoms with van der Waals surface area (Å²) in [5.74, 6) is 0.118. The molecule has 1 heterocycles. The van der Waals surface area contributed by atoms with Gasteiger partial charge < -0.3 is 10.1 Å². The molecule has 0 aromatic heterocycles. The lowest BCUT2D eigenvalue weighted by Gasteiger charge is -2.19. The summed E-state index contributed by atoms with van der Waals surface area (Å²) in [6, 6.07) is 4.25. The molecule has 0 spiro atoms. The van der Waals surface area contributed by atoms with Crippen molar-refractivity contribution >= 4 is 21.6 Å². The predicted octanol–water partition coefficient (Wildman–Crippen LogP) is 1.09. The number of fused-ring (bicyclic) bond motifs is 1. The van der Waals surface area contributed by atoms with Crippen molar-refractivity contribution in [1.29, 1.82) is 0 Å². The van der Waals surface area contributed by atoms with Crippen molar-refractivity contribution in [2.45, 2.75) is 31.2 Å². The molecule has 0 saturated heterocycles. The van der Waals surface area contributed by atoms with Crippen molar-refractivity contribution in [3.8, 4) is 5.75 Å². The molecule has 2 rings (SSSR count). The molecule has 0 aliphatic carbocycles. The van der Waals surface area contributed by atoms with E-state index in [9.17, 15) is 13.2 Å². The van der Waals surface area contributed by atoms with Gasteiger partial charge in [-0.25, -0.2) is 13.1 Å². The van der Waals surface area contributed by atoms with Crippen molar-refractivity contribution in [3.05, 3.63) is 18.2 Å². The third kappa shape index (κ3) is 3.05. The molecule has 1 amide bonds. The summed E-state index contributed by atoms with van der Waals surface area (Å²) in [4.78, 5) is 11.3. The molecule has 0 saturated carbocycles. The highest BCUT2D eigenvalue weighted by Crippen LogP contribution is 2.30. The molecule has 7 heteroatoms. The molecule has 1 aliphatic rings. The first-order chi connectivity index (χ1) is 8.92. The highest BCUT2D eigenvalue weighted by Gasteiger charge is 2.21. The molecule has 1 aromatic rings. The maximum Gasteiger partial charge on any atom is 0.262 e. The molecule has 0 radical (unpaired) electrons. The first kappa shape index (κ1) is 13.8. The summed E-state index contributed by atoms with van der Waals surface area (Å²) < 4.78 is 32.0. The zero-order valence-corrected chi connectivity index (χ0v) is 11.6. The molecule has 0 fully saturated rings. The molecular weight excluding hydrogens is 268 g/mol. The molecule has 6 nitrogen and oxygen atoms in total. The molecule has 0 bridgehead atoms. The Morgan fingerprint density at radius 3 is 2.89 bits per heavy atom. The second-order valence-corrected chi connectivity index (χ2v) is 6.14. The number of carbonyl (C=O) groups excluding carboxylic acids is 1. The van der Waals surface area contributed by atoms with E-state index in [2.05, 4.69) is 10.0 Å². The Morgan fingerprint density at radius 1 is 1.47 bits per heavy atom. The Balaban J connectivity index is 2.29. The van der Waals surface area contributed by atoms with Crippen LogP contribution in [0.25, 0.3) is 0 Å². The fourth-order valence-electron chi connectivity index (χ4n) is 1.64. The van der Waals surface area contributed by atoms with Crippen molar-refractivity contribution < 1.29 is 17.9 Å². The number of amides is 1. The van der Waals surface area contributed by atoms with Crippen molar-refractivity contribution in [3.63, 3.8) is 0 Å². The molecule has 19 heavy (non-hydrogen) atoms. The van der Waals surface area contributed by atoms with Crippen LogP contribution in [0.1, 0.15) is 20.3 Å². The Hall–Kier alpha value is -1.60. The first-order valence-corrected chi connectivity index (χ1v) is 7.49. The summed E-state index contributed by atoms with van der Waals surface area (Å²) in [5.41, 5.74) is 0.485. The maximum atomic E-state index is 12.1. The van der Waals surface area contributed by atoms with Gasteiger partial charge in [-0.1, -0.05) is 6.92 Å². The van der Waals surface area contributed by atoms with Crippen LogP contribution in [0.15, 0.2) is 23.1 Å². The van der Waals surface area contributed by atoms with Crippen LogP contribution in [0.5, 0.6) is 5.75 Å². The molecule has 104 valence electrons. The Kier molecular flexibility index (Phi) is 3.77. The number of sulfonamides is 1. The number of anilines is 1. The first-order valence-electron chi connectivity index (χ1n) is 6.01. The zero-order chi connectivity index (χ0) is 14.0. The standard InChI is InChI=1S/C12H16N2O4S/c1-3-8(2)14-19(16,17)9-4-5-10-11(6-9)18-7-12(15)13-10/h4-6,8,14H,3,7H2,1-2H3,(H,13,15). The second kappa shape index (κ2) is 5.18. The summed E-state index contributed by atoms with van der Waals surface area (Å²) >= 11 is 0. The molecule has 1 aromatic carbocycles. The van der Waals surface area contributed by atoms with E-state index in [1.165, 1.54) is 18.2 Å². The Bertz CT molecular complexity index is 598. The highest BCUT2D eigenvalue weighted by atomic mass is 32.2. The highest BCUT2D eigenvalue weighted by molar-refractivity contribution is 7.89. The monoisotopic (exact) mass is 284 g/mol. The van der Waals surface area contributed by atoms with Crippen LogP contribution in [0, 0.1) is 0 Å². The van der Waals surface area contributed by atoms with E-state index in [4.69, 9.17) is 4.74 Å². The number of hydrogen-bond acceptors (Lipinski definition) is 4. The van der Waals surface area contributed by atoms with E-state index >= 15 is 0 Å². The van der Waals surface area contributed by atoms with Gasteiger partial charge in [-0.3, -0.25) is 4.79 Å². The molecule has 1 aliphatic heterocycles. The summed E-state index contributed by atoms with van der Waals surface area (Å²) in [6.07, 6.45) is 0.705. The van der Waals surface area contributed by atoms with Crippen molar-refractivity contribution in [2.24, 2.45) is 0 Å². The fourth-order valence-corrected chi connectivity index (χ4v) is 2.98. The minimum atomic E-state index is -3.56. The third-order valence-electron chi connectivity index (χ3n) is 2.86. The average Bonchev–Trinajstić information content (AvgIpc) is 2.37. The quantitative estimate of drug-likeness (QED) is 0.867. The van der Waals surface area contributed by atoms with Gasteiger partial charge in [-0.2, -0.15) is 0 Å². The van der Waals surface area contributed by atoms with E-state index in [-0.39, 0.29) is 23.5 Å². The van der Waals surface area contributed by atoms with Crippen LogP contribution in [-0.4, -0.2) is 27.0 Å². The molecule has 1 atom stereocenters. The van der Waals surface area contributed by atoms with E-state index in [0.29, 0.717) is 17.9 Å². The van der Waals surface area contributed by atoms with Gasteiger partial charge in [0, 0.05) is 12.1 Å². The molecule has 1 unspecified atom stereocenters. The molecule has 2 N–H and O–H groups in total. The van der Waals surface area contributed by atoms with Gasteiger partial charge in [0.2, 0.25) is 10.0 Å². The smallest absolute Gasteiger partial charge is 0.262 e. The lowest BCUT2D eigenvalue weighted by Crippen LogP contribution is -2.32. The van der Waals surface area contributed by atoms with Gasteiger partial charge in [0.15, 0.2) is 6.61 Å². The van der Waals surface area contributed by atoms with Crippen molar-refractivity contribution in [2.75, 3.05) is 11.9 Å². The number of benzene rings is 1. The van der Waals surface area contributed by atoms with Crippen LogP contribution in [0.4, 0.5) is 5.69 Å². The van der Waals surface area contributed by atoms with E-state index in [0.717, 1.165) is 0 Å². The predicted molar refractivity (Wildman–Crippen MR) is 70.6 cm³/mol. The Morgan fingerprint density at radius 2 is 2.21 bits per heavy atom. The number of rotatable bonds is 4. The summed E-state index contributed by atoms with van der Waals surface area (Å²) in [7, 11) is -3.56. The number of hydrogen-bond donors (Lipinski definition) is 2. The fraction of sp³-hybridized carbons (Fsp3) is 0.417. The number of nitrogens with one attached hydrogen (secondary N) is 2. The van der Waals surface area contributed by atoms with Crippen LogP contribution in [0.2, 0.25) is 0 Å². The van der Waals surface area contributed by atoms with Crippen LogP contribution in [-0.2, 0) is 14.8 Å². The summed E-state index contributed by atoms with van der Waals surface area (Å²) in [5, 5.41) is 2.61. The van der Waals surface area contributed by atoms with Gasteiger partial charge in [0.25, 0.3) is 5.91 Å². The number of carbonyl (C=O) groups is 1. The van der Waals surface area contributed by atoms with Gasteiger partial charge in [-0.15, -0.1) is 0 Å². The van der Waals surface area contributed by atoms with Crippen molar-refractivity contribution in [1.82, 2.24) is 4.72 Å². The normalized spacial score (nSPS) is 16.2. The lowest BCUT2D eigenvalue weighted by atomic mass is 10.2. The minimum absolute atomic E-state index is 0.102. The van der Waals surface area contributed by atoms with E-state index in [1.54, 1.807) is 6.92 Å². The second-order valence-electron chi connectivity index (χ2n) is 4.43. The minimum Gasteiger partial charge on any atom is -0.482 e. The number of ether oxygens (including phenoxy) is 1. The van der Waals surface area contributed by atoms with Gasteiger partial charge in [0.1, 0.15) is 5.75 Å². The van der Waals surface area contributed by atoms with Crippen LogP contribution in [0.3, 0.4) is 0 Å². The largest absolute Gasteiger partial charge is 0.482 e. The Labute approximate surface area is 112 Å². The van der Waals surface area contributed by atoms with E-state index < -0.39 is 10.0 Å². The summed E-state index contributed by atoms with van der Waals surface area (Å²) in [6.45, 7) is 3.60. The van der Waals surface area contributed by atoms with Crippen LogP contribution >= 0.6 is 0 Å². The van der Waals surface area contributed by atoms with Gasteiger partial charge >= 0.3 is 0 Å². The van der Waals surface area contributed by atoms with Gasteiger partial charge in [0.05, 0.1) is 10.6 Å². The SMILES string of the molecule is CCC(C)NS(=O)(=O)c1ccc2c(c1)OCC(=O)N2. The van der Waals surface area contributed by atoms with Crippen LogP contribution < -0.4 is 14.8 Å². The topological polar surface area (TPSA) is 84.5 Å². The zero-order valence-electron chi connectivity index (χ0n) is 10.8. The third-order valence-corrected chi connectivity index (χ3v) is 4.45.